The van der Waals surface area contributed by atoms with Crippen molar-refractivity contribution in [3.63, 3.8) is 0 Å². The molecule has 0 heterocycles. The number of halogens is 1. The minimum Gasteiger partial charge on any atom is -0.356 e. The summed E-state index contributed by atoms with van der Waals surface area (Å²) in [7, 11) is 0. The van der Waals surface area contributed by atoms with E-state index in [1.54, 1.807) is 24.3 Å². The van der Waals surface area contributed by atoms with Gasteiger partial charge in [0.1, 0.15) is 6.07 Å². The van der Waals surface area contributed by atoms with Gasteiger partial charge in [-0.2, -0.15) is 5.26 Å². The second-order valence-corrected chi connectivity index (χ2v) is 6.70. The second-order valence-electron chi connectivity index (χ2n) is 6.27. The molecule has 132 valence electrons. The van der Waals surface area contributed by atoms with Gasteiger partial charge in [0.2, 0.25) is 11.8 Å². The van der Waals surface area contributed by atoms with Crippen LogP contribution in [-0.4, -0.2) is 18.4 Å². The lowest BCUT2D eigenvalue weighted by molar-refractivity contribution is -0.125. The lowest BCUT2D eigenvalue weighted by Gasteiger charge is -2.07. The first kappa shape index (κ1) is 18.0. The van der Waals surface area contributed by atoms with Crippen LogP contribution in [-0.2, 0) is 16.0 Å². The summed E-state index contributed by atoms with van der Waals surface area (Å²) in [5, 5.41) is 15.3. The molecule has 26 heavy (non-hydrogen) atoms. The second kappa shape index (κ2) is 8.03. The summed E-state index contributed by atoms with van der Waals surface area (Å²) in [6.07, 6.45) is 1.22. The Morgan fingerprint density at radius 1 is 1.12 bits per heavy atom. The highest BCUT2D eigenvalue weighted by atomic mass is 35.5. The number of carbonyl (C=O) groups is 2. The molecule has 1 fully saturated rings. The molecular formula is C20H18ClN3O2. The van der Waals surface area contributed by atoms with E-state index in [4.69, 9.17) is 16.9 Å². The maximum Gasteiger partial charge on any atom is 0.228 e. The molecule has 2 aromatic carbocycles. The summed E-state index contributed by atoms with van der Waals surface area (Å²) < 4.78 is 0. The van der Waals surface area contributed by atoms with Crippen LogP contribution in [0.5, 0.6) is 0 Å². The number of rotatable bonds is 6. The molecule has 0 radical (unpaired) electrons. The Hall–Kier alpha value is -2.84. The zero-order valence-electron chi connectivity index (χ0n) is 14.0. The first-order chi connectivity index (χ1) is 12.6. The molecule has 0 spiro atoms. The van der Waals surface area contributed by atoms with Crippen LogP contribution in [0.2, 0.25) is 5.02 Å². The van der Waals surface area contributed by atoms with Crippen molar-refractivity contribution in [2.24, 2.45) is 11.8 Å². The van der Waals surface area contributed by atoms with Gasteiger partial charge in [0.05, 0.1) is 23.1 Å². The van der Waals surface area contributed by atoms with Crippen molar-refractivity contribution in [2.45, 2.75) is 12.8 Å². The molecule has 2 N–H and O–H groups in total. The van der Waals surface area contributed by atoms with E-state index in [1.807, 2.05) is 30.3 Å². The Bertz CT molecular complexity index is 875. The smallest absolute Gasteiger partial charge is 0.228 e. The summed E-state index contributed by atoms with van der Waals surface area (Å²) in [4.78, 5) is 24.5. The molecule has 6 heteroatoms. The van der Waals surface area contributed by atoms with Gasteiger partial charge >= 0.3 is 0 Å². The summed E-state index contributed by atoms with van der Waals surface area (Å²) >= 11 is 5.94. The van der Waals surface area contributed by atoms with E-state index in [0.29, 0.717) is 35.7 Å². The van der Waals surface area contributed by atoms with Crippen molar-refractivity contribution in [2.75, 3.05) is 11.9 Å². The van der Waals surface area contributed by atoms with Crippen LogP contribution in [0, 0.1) is 23.2 Å². The molecule has 5 nitrogen and oxygen atoms in total. The highest BCUT2D eigenvalue weighted by Crippen LogP contribution is 2.39. The van der Waals surface area contributed by atoms with Gasteiger partial charge in [-0.1, -0.05) is 35.9 Å². The SMILES string of the molecule is N#Cc1ccccc1NC(=O)C1CC1C(=O)NCCc1cccc(Cl)c1. The first-order valence-corrected chi connectivity index (χ1v) is 8.78. The number of hydrogen-bond acceptors (Lipinski definition) is 3. The number of benzene rings is 2. The van der Waals surface area contributed by atoms with Crippen LogP contribution in [0.1, 0.15) is 17.5 Å². The van der Waals surface area contributed by atoms with E-state index in [1.165, 1.54) is 0 Å². The lowest BCUT2D eigenvalue weighted by Crippen LogP contribution is -2.29. The zero-order valence-corrected chi connectivity index (χ0v) is 14.8. The molecule has 3 rings (SSSR count). The number of nitrogens with zero attached hydrogens (tertiary/aromatic N) is 1. The Morgan fingerprint density at radius 2 is 1.88 bits per heavy atom. The first-order valence-electron chi connectivity index (χ1n) is 8.40. The van der Waals surface area contributed by atoms with E-state index < -0.39 is 0 Å². The standard InChI is InChI=1S/C20H18ClN3O2/c21-15-6-3-4-13(10-15)8-9-23-19(25)16-11-17(16)20(26)24-18-7-2-1-5-14(18)12-22/h1-7,10,16-17H,8-9,11H2,(H,23,25)(H,24,26). The molecule has 2 aromatic rings. The van der Waals surface area contributed by atoms with Gasteiger partial charge in [0.25, 0.3) is 0 Å². The number of amides is 2. The van der Waals surface area contributed by atoms with E-state index in [9.17, 15) is 9.59 Å². The highest BCUT2D eigenvalue weighted by Gasteiger charge is 2.47. The molecule has 0 aromatic heterocycles. The largest absolute Gasteiger partial charge is 0.356 e. The molecule has 0 bridgehead atoms. The quantitative estimate of drug-likeness (QED) is 0.822. The molecule has 0 aliphatic heterocycles. The minimum absolute atomic E-state index is 0.110. The summed E-state index contributed by atoms with van der Waals surface area (Å²) in [5.74, 6) is -0.972. The normalized spacial score (nSPS) is 17.8. The van der Waals surface area contributed by atoms with Crippen LogP contribution < -0.4 is 10.6 Å². The fourth-order valence-corrected chi connectivity index (χ4v) is 3.06. The Morgan fingerprint density at radius 3 is 2.65 bits per heavy atom. The van der Waals surface area contributed by atoms with Crippen molar-refractivity contribution < 1.29 is 9.59 Å². The predicted octanol–water partition coefficient (Wildman–Crippen LogP) is 3.15. The van der Waals surface area contributed by atoms with Crippen molar-refractivity contribution in [1.82, 2.24) is 5.32 Å². The predicted molar refractivity (Wildman–Crippen MR) is 99.5 cm³/mol. The van der Waals surface area contributed by atoms with Gasteiger partial charge in [-0.3, -0.25) is 9.59 Å². The molecule has 2 unspecified atom stereocenters. The maximum absolute atomic E-state index is 12.3. The number of para-hydroxylation sites is 1. The third-order valence-electron chi connectivity index (χ3n) is 4.37. The van der Waals surface area contributed by atoms with Gasteiger partial charge in [0, 0.05) is 11.6 Å². The summed E-state index contributed by atoms with van der Waals surface area (Å²) in [6, 6.07) is 16.4. The number of anilines is 1. The fourth-order valence-electron chi connectivity index (χ4n) is 2.84. The number of nitriles is 1. The molecule has 0 saturated heterocycles. The lowest BCUT2D eigenvalue weighted by atomic mass is 10.1. The monoisotopic (exact) mass is 367 g/mol. The molecule has 1 aliphatic carbocycles. The zero-order chi connectivity index (χ0) is 18.5. The van der Waals surface area contributed by atoms with Gasteiger partial charge < -0.3 is 10.6 Å². The average Bonchev–Trinajstić information content (AvgIpc) is 3.43. The molecule has 2 atom stereocenters. The van der Waals surface area contributed by atoms with E-state index in [-0.39, 0.29) is 23.7 Å². The molecule has 1 saturated carbocycles. The van der Waals surface area contributed by atoms with Gasteiger partial charge in [-0.15, -0.1) is 0 Å². The Labute approximate surface area is 157 Å². The van der Waals surface area contributed by atoms with Crippen molar-refractivity contribution in [3.8, 4) is 6.07 Å². The van der Waals surface area contributed by atoms with Gasteiger partial charge in [-0.25, -0.2) is 0 Å². The number of hydrogen-bond donors (Lipinski definition) is 2. The summed E-state index contributed by atoms with van der Waals surface area (Å²) in [6.45, 7) is 0.501. The van der Waals surface area contributed by atoms with E-state index in [2.05, 4.69) is 10.6 Å². The van der Waals surface area contributed by atoms with Crippen LogP contribution in [0.15, 0.2) is 48.5 Å². The number of carbonyl (C=O) groups excluding carboxylic acids is 2. The maximum atomic E-state index is 12.3. The molecule has 1 aliphatic rings. The van der Waals surface area contributed by atoms with Crippen LogP contribution in [0.25, 0.3) is 0 Å². The fraction of sp³-hybridized carbons (Fsp3) is 0.250. The third kappa shape index (κ3) is 4.41. The average molecular weight is 368 g/mol. The molecular weight excluding hydrogens is 350 g/mol. The van der Waals surface area contributed by atoms with Crippen LogP contribution in [0.3, 0.4) is 0 Å². The van der Waals surface area contributed by atoms with Crippen molar-refractivity contribution >= 4 is 29.1 Å². The third-order valence-corrected chi connectivity index (χ3v) is 4.61. The van der Waals surface area contributed by atoms with Crippen LogP contribution in [0.4, 0.5) is 5.69 Å². The minimum atomic E-state index is -0.340. The Kier molecular flexibility index (Phi) is 5.55. The Balaban J connectivity index is 1.46. The van der Waals surface area contributed by atoms with Gasteiger partial charge in [-0.05, 0) is 42.7 Å². The summed E-state index contributed by atoms with van der Waals surface area (Å²) in [5.41, 5.74) is 1.94. The van der Waals surface area contributed by atoms with Gasteiger partial charge in [0.15, 0.2) is 0 Å². The van der Waals surface area contributed by atoms with Crippen molar-refractivity contribution in [3.05, 3.63) is 64.7 Å². The molecule has 2 amide bonds. The van der Waals surface area contributed by atoms with E-state index in [0.717, 1.165) is 5.56 Å². The van der Waals surface area contributed by atoms with Crippen molar-refractivity contribution in [1.29, 1.82) is 5.26 Å². The number of nitrogens with one attached hydrogen (secondary N) is 2. The van der Waals surface area contributed by atoms with Crippen LogP contribution >= 0.6 is 11.6 Å². The highest BCUT2D eigenvalue weighted by molar-refractivity contribution is 6.30. The van der Waals surface area contributed by atoms with E-state index >= 15 is 0 Å². The topological polar surface area (TPSA) is 82.0 Å².